The van der Waals surface area contributed by atoms with Crippen molar-refractivity contribution in [2.45, 2.75) is 13.8 Å². The van der Waals surface area contributed by atoms with Crippen LogP contribution in [0.25, 0.3) is 57.0 Å². The summed E-state index contributed by atoms with van der Waals surface area (Å²) < 4.78 is 10.7. The van der Waals surface area contributed by atoms with E-state index >= 15 is 0 Å². The molecule has 48 heavy (non-hydrogen) atoms. The number of esters is 2. The van der Waals surface area contributed by atoms with Gasteiger partial charge < -0.3 is 9.47 Å². The van der Waals surface area contributed by atoms with Gasteiger partial charge in [0, 0.05) is 11.1 Å². The van der Waals surface area contributed by atoms with Crippen molar-refractivity contribution in [3.8, 4) is 22.6 Å². The molecule has 6 aromatic carbocycles. The van der Waals surface area contributed by atoms with Crippen LogP contribution in [0.1, 0.15) is 36.1 Å². The molecule has 0 heterocycles. The van der Waals surface area contributed by atoms with Gasteiger partial charge in [0.15, 0.2) is 0 Å². The molecule has 0 fully saturated rings. The molecular weight excluding hydrogens is 592 g/mol. The zero-order valence-electron chi connectivity index (χ0n) is 26.9. The summed E-state index contributed by atoms with van der Waals surface area (Å²) in [4.78, 5) is 23.9. The third-order valence-corrected chi connectivity index (χ3v) is 7.96. The van der Waals surface area contributed by atoms with E-state index in [9.17, 15) is 9.59 Å². The average Bonchev–Trinajstić information content (AvgIpc) is 3.10. The van der Waals surface area contributed by atoms with Crippen LogP contribution < -0.4 is 9.47 Å². The molecule has 4 heteroatoms. The van der Waals surface area contributed by atoms with Gasteiger partial charge in [-0.2, -0.15) is 0 Å². The summed E-state index contributed by atoms with van der Waals surface area (Å²) in [5, 5.41) is 4.60. The maximum Gasteiger partial charge on any atom is 0.338 e. The number of hydrogen-bond acceptors (Lipinski definition) is 4. The molecule has 6 aromatic rings. The van der Waals surface area contributed by atoms with Crippen LogP contribution in [0.2, 0.25) is 0 Å². The molecule has 0 amide bonds. The Morgan fingerprint density at radius 1 is 0.479 bits per heavy atom. The highest BCUT2D eigenvalue weighted by molar-refractivity contribution is 6.11. The minimum atomic E-state index is -0.444. The number of carbonyl (C=O) groups is 2. The van der Waals surface area contributed by atoms with Gasteiger partial charge in [-0.25, -0.2) is 9.59 Å². The van der Waals surface area contributed by atoms with E-state index in [-0.39, 0.29) is 0 Å². The van der Waals surface area contributed by atoms with Gasteiger partial charge in [0.05, 0.1) is 0 Å². The molecule has 0 aliphatic heterocycles. The lowest BCUT2D eigenvalue weighted by Gasteiger charge is -2.17. The van der Waals surface area contributed by atoms with Crippen LogP contribution in [0.3, 0.4) is 0 Å². The molecule has 0 aliphatic rings. The van der Waals surface area contributed by atoms with E-state index in [0.717, 1.165) is 54.9 Å². The first kappa shape index (κ1) is 31.7. The van der Waals surface area contributed by atoms with Gasteiger partial charge in [0.25, 0.3) is 0 Å². The van der Waals surface area contributed by atoms with Crippen LogP contribution in [0.4, 0.5) is 0 Å². The topological polar surface area (TPSA) is 52.6 Å². The summed E-state index contributed by atoms with van der Waals surface area (Å²) in [5.41, 5.74) is 7.06. The van der Waals surface area contributed by atoms with Crippen LogP contribution in [0.5, 0.6) is 11.5 Å². The van der Waals surface area contributed by atoms with Crippen molar-refractivity contribution < 1.29 is 19.1 Å². The summed E-state index contributed by atoms with van der Waals surface area (Å²) in [5.74, 6) is 0.0581. The number of hydrogen-bond donors (Lipinski definition) is 0. The van der Waals surface area contributed by atoms with E-state index in [0.29, 0.717) is 22.6 Å². The van der Waals surface area contributed by atoms with Crippen molar-refractivity contribution in [3.05, 3.63) is 168 Å². The maximum absolute atomic E-state index is 11.9. The van der Waals surface area contributed by atoms with Gasteiger partial charge >= 0.3 is 11.9 Å². The molecule has 0 aromatic heterocycles. The van der Waals surface area contributed by atoms with Gasteiger partial charge in [0.2, 0.25) is 0 Å². The second-order valence-corrected chi connectivity index (χ2v) is 11.6. The minimum absolute atomic E-state index is 0.352. The zero-order valence-corrected chi connectivity index (χ0v) is 26.9. The molecule has 0 N–H and O–H groups in total. The summed E-state index contributed by atoms with van der Waals surface area (Å²) in [7, 11) is 0. The minimum Gasteiger partial charge on any atom is -0.423 e. The number of ether oxygens (including phenoxy) is 2. The van der Waals surface area contributed by atoms with E-state index in [4.69, 9.17) is 9.47 Å². The van der Waals surface area contributed by atoms with Gasteiger partial charge in [-0.1, -0.05) is 135 Å². The summed E-state index contributed by atoms with van der Waals surface area (Å²) >= 11 is 0. The predicted molar refractivity (Wildman–Crippen MR) is 199 cm³/mol. The lowest BCUT2D eigenvalue weighted by molar-refractivity contribution is -0.130. The Bertz CT molecular complexity index is 2090. The first-order chi connectivity index (χ1) is 23.3. The van der Waals surface area contributed by atoms with Crippen LogP contribution in [-0.2, 0) is 9.59 Å². The standard InChI is InChI=1S/C44H34O4/c1-29(2)43(45)47-37-25-15-31(16-26-37)13-19-35-23-21-33-9-5-7-11-39(33)41(35)42-36(24-22-34-10-6-8-12-40(34)42)20-14-32-17-27-38(28-18-32)48-44(46)30(3)4/h5-28H,1,3H2,2,4H3/b19-13+,20-14+. The summed E-state index contributed by atoms with van der Waals surface area (Å²) in [6.07, 6.45) is 8.41. The molecule has 0 bridgehead atoms. The fourth-order valence-electron chi connectivity index (χ4n) is 5.47. The SMILES string of the molecule is C=C(C)C(=O)Oc1ccc(/C=C/c2ccc3ccccc3c2-c2c(/C=C/c3ccc(OC(=O)C(=C)C)cc3)ccc3ccccc23)cc1. The third kappa shape index (κ3) is 7.09. The van der Waals surface area contributed by atoms with E-state index in [2.05, 4.69) is 110 Å². The average molecular weight is 627 g/mol. The largest absolute Gasteiger partial charge is 0.423 e. The van der Waals surface area contributed by atoms with Crippen molar-refractivity contribution in [3.63, 3.8) is 0 Å². The Hall–Kier alpha value is -6.26. The molecular formula is C44H34O4. The maximum atomic E-state index is 11.9. The highest BCUT2D eigenvalue weighted by Gasteiger charge is 2.15. The monoisotopic (exact) mass is 626 g/mol. The summed E-state index contributed by atoms with van der Waals surface area (Å²) in [6, 6.07) is 40.4. The van der Waals surface area contributed by atoms with Crippen LogP contribution in [0, 0.1) is 0 Å². The summed E-state index contributed by atoms with van der Waals surface area (Å²) in [6.45, 7) is 10.5. The van der Waals surface area contributed by atoms with Crippen molar-refractivity contribution in [2.75, 3.05) is 0 Å². The molecule has 0 unspecified atom stereocenters. The highest BCUT2D eigenvalue weighted by Crippen LogP contribution is 2.40. The Balaban J connectivity index is 1.43. The van der Waals surface area contributed by atoms with E-state index in [1.54, 1.807) is 38.1 Å². The molecule has 0 aliphatic carbocycles. The van der Waals surface area contributed by atoms with Crippen molar-refractivity contribution in [2.24, 2.45) is 0 Å². The fourth-order valence-corrected chi connectivity index (χ4v) is 5.47. The van der Waals surface area contributed by atoms with Gasteiger partial charge in [-0.3, -0.25) is 0 Å². The molecule has 4 nitrogen and oxygen atoms in total. The quantitative estimate of drug-likeness (QED) is 0.0693. The number of benzene rings is 6. The van der Waals surface area contributed by atoms with Crippen molar-refractivity contribution in [1.29, 1.82) is 0 Å². The Morgan fingerprint density at radius 3 is 1.23 bits per heavy atom. The molecule has 0 saturated carbocycles. The molecule has 0 atom stereocenters. The van der Waals surface area contributed by atoms with E-state index in [1.807, 2.05) is 24.3 Å². The van der Waals surface area contributed by atoms with E-state index < -0.39 is 11.9 Å². The molecule has 234 valence electrons. The number of carbonyl (C=O) groups excluding carboxylic acids is 2. The fraction of sp³-hybridized carbons (Fsp3) is 0.0455. The number of rotatable bonds is 9. The normalized spacial score (nSPS) is 11.3. The van der Waals surface area contributed by atoms with Crippen LogP contribution in [-0.4, -0.2) is 11.9 Å². The van der Waals surface area contributed by atoms with Crippen molar-refractivity contribution in [1.82, 2.24) is 0 Å². The first-order valence-corrected chi connectivity index (χ1v) is 15.6. The highest BCUT2D eigenvalue weighted by atomic mass is 16.5. The van der Waals surface area contributed by atoms with Gasteiger partial charge in [-0.05, 0) is 93.0 Å². The molecule has 6 rings (SSSR count). The lowest BCUT2D eigenvalue weighted by Crippen LogP contribution is -2.07. The second-order valence-electron chi connectivity index (χ2n) is 11.6. The Kier molecular flexibility index (Phi) is 9.26. The van der Waals surface area contributed by atoms with Gasteiger partial charge in [-0.15, -0.1) is 0 Å². The molecule has 0 radical (unpaired) electrons. The predicted octanol–water partition coefficient (Wildman–Crippen LogP) is 11.0. The van der Waals surface area contributed by atoms with E-state index in [1.165, 1.54) is 0 Å². The second kappa shape index (κ2) is 14.0. The Labute approximate surface area is 280 Å². The lowest BCUT2D eigenvalue weighted by atomic mass is 9.86. The van der Waals surface area contributed by atoms with Crippen LogP contribution in [0.15, 0.2) is 146 Å². The first-order valence-electron chi connectivity index (χ1n) is 15.6. The van der Waals surface area contributed by atoms with Gasteiger partial charge in [0.1, 0.15) is 11.5 Å². The number of fused-ring (bicyclic) bond motifs is 2. The molecule has 0 spiro atoms. The molecule has 0 saturated heterocycles. The Morgan fingerprint density at radius 2 is 0.854 bits per heavy atom. The third-order valence-electron chi connectivity index (χ3n) is 7.96. The smallest absolute Gasteiger partial charge is 0.338 e. The zero-order chi connectivity index (χ0) is 33.6. The van der Waals surface area contributed by atoms with Crippen LogP contribution >= 0.6 is 0 Å². The van der Waals surface area contributed by atoms with Crippen molar-refractivity contribution >= 4 is 57.8 Å².